The summed E-state index contributed by atoms with van der Waals surface area (Å²) < 4.78 is 7.49. The fourth-order valence-electron chi connectivity index (χ4n) is 2.41. The fraction of sp³-hybridized carbons (Fsp3) is 0. The molecule has 4 rings (SSSR count). The standard InChI is InChI=1S/C16H6Cl3IN4O2/c17-7-4-8-13(10(19)5-7)22-15(26-16(8)25)11-6-12(20)23-24(11)14-9(18)2-1-3-21-14/h1-6H. The Morgan fingerprint density at radius 3 is 2.69 bits per heavy atom. The second-order valence-electron chi connectivity index (χ2n) is 5.16. The van der Waals surface area contributed by atoms with Gasteiger partial charge in [0, 0.05) is 17.3 Å². The second-order valence-corrected chi connectivity index (χ2v) is 7.52. The number of fused-ring (bicyclic) bond motifs is 1. The van der Waals surface area contributed by atoms with Crippen molar-refractivity contribution in [1.29, 1.82) is 0 Å². The van der Waals surface area contributed by atoms with Gasteiger partial charge in [-0.1, -0.05) is 34.8 Å². The summed E-state index contributed by atoms with van der Waals surface area (Å²) in [4.78, 5) is 21.0. The number of pyridine rings is 1. The van der Waals surface area contributed by atoms with Gasteiger partial charge in [-0.2, -0.15) is 5.10 Å². The van der Waals surface area contributed by atoms with E-state index in [2.05, 4.69) is 15.1 Å². The van der Waals surface area contributed by atoms with E-state index in [0.717, 1.165) is 0 Å². The molecule has 0 aliphatic rings. The van der Waals surface area contributed by atoms with Crippen LogP contribution in [0, 0.1) is 3.70 Å². The van der Waals surface area contributed by atoms with E-state index < -0.39 is 5.63 Å². The minimum atomic E-state index is -0.607. The van der Waals surface area contributed by atoms with Gasteiger partial charge in [-0.15, -0.1) is 0 Å². The SMILES string of the molecule is O=c1oc(-c2cc(I)nn2-c2ncccc2Cl)nc2c(Cl)cc(Cl)cc12. The summed E-state index contributed by atoms with van der Waals surface area (Å²) in [6.45, 7) is 0. The van der Waals surface area contributed by atoms with Crippen LogP contribution in [0.1, 0.15) is 0 Å². The fourth-order valence-corrected chi connectivity index (χ4v) is 3.66. The van der Waals surface area contributed by atoms with Gasteiger partial charge in [0.15, 0.2) is 5.82 Å². The lowest BCUT2D eigenvalue weighted by Crippen LogP contribution is -2.07. The summed E-state index contributed by atoms with van der Waals surface area (Å²) >= 11 is 20.4. The molecule has 0 fully saturated rings. The molecule has 0 amide bonds. The largest absolute Gasteiger partial charge is 0.401 e. The predicted octanol–water partition coefficient (Wildman–Crippen LogP) is 5.00. The third-order valence-corrected chi connectivity index (χ3v) is 4.82. The summed E-state index contributed by atoms with van der Waals surface area (Å²) in [7, 11) is 0. The van der Waals surface area contributed by atoms with Crippen molar-refractivity contribution in [3.8, 4) is 17.4 Å². The average Bonchev–Trinajstić information content (AvgIpc) is 2.97. The Bertz CT molecular complexity index is 1220. The lowest BCUT2D eigenvalue weighted by atomic mass is 10.2. The molecule has 0 saturated carbocycles. The van der Waals surface area contributed by atoms with E-state index in [-0.39, 0.29) is 21.8 Å². The molecule has 0 bridgehead atoms. The number of halogens is 4. The van der Waals surface area contributed by atoms with Gasteiger partial charge >= 0.3 is 5.63 Å². The summed E-state index contributed by atoms with van der Waals surface area (Å²) in [6.07, 6.45) is 1.59. The molecule has 0 atom stereocenters. The topological polar surface area (TPSA) is 73.8 Å². The molecule has 3 heterocycles. The maximum Gasteiger partial charge on any atom is 0.347 e. The number of nitrogens with zero attached hydrogens (tertiary/aromatic N) is 4. The molecule has 1 aromatic carbocycles. The normalized spacial score (nSPS) is 11.2. The highest BCUT2D eigenvalue weighted by Gasteiger charge is 2.19. The summed E-state index contributed by atoms with van der Waals surface area (Å²) in [5.41, 5.74) is 0.0986. The van der Waals surface area contributed by atoms with Crippen molar-refractivity contribution in [2.75, 3.05) is 0 Å². The molecular weight excluding hydrogens is 513 g/mol. The van der Waals surface area contributed by atoms with Crippen LogP contribution in [-0.4, -0.2) is 19.7 Å². The highest BCUT2D eigenvalue weighted by Crippen LogP contribution is 2.29. The van der Waals surface area contributed by atoms with Crippen LogP contribution < -0.4 is 5.63 Å². The maximum atomic E-state index is 12.4. The van der Waals surface area contributed by atoms with Gasteiger partial charge in [0.25, 0.3) is 0 Å². The summed E-state index contributed by atoms with van der Waals surface area (Å²) in [5.74, 6) is 0.433. The van der Waals surface area contributed by atoms with Crippen molar-refractivity contribution >= 4 is 68.3 Å². The van der Waals surface area contributed by atoms with E-state index in [9.17, 15) is 4.79 Å². The Balaban J connectivity index is 2.01. The van der Waals surface area contributed by atoms with Gasteiger partial charge in [0.05, 0.1) is 15.4 Å². The third kappa shape index (κ3) is 3.09. The molecule has 130 valence electrons. The lowest BCUT2D eigenvalue weighted by Gasteiger charge is -2.07. The van der Waals surface area contributed by atoms with E-state index in [1.54, 1.807) is 24.4 Å². The van der Waals surface area contributed by atoms with Crippen LogP contribution in [-0.2, 0) is 0 Å². The Hall–Kier alpha value is -1.68. The molecule has 0 radical (unpaired) electrons. The molecule has 3 aromatic heterocycles. The van der Waals surface area contributed by atoms with E-state index in [1.165, 1.54) is 16.8 Å². The predicted molar refractivity (Wildman–Crippen MR) is 108 cm³/mol. The highest BCUT2D eigenvalue weighted by molar-refractivity contribution is 14.1. The number of hydrogen-bond donors (Lipinski definition) is 0. The Morgan fingerprint density at radius 2 is 1.92 bits per heavy atom. The van der Waals surface area contributed by atoms with Crippen LogP contribution in [0.15, 0.2) is 45.7 Å². The van der Waals surface area contributed by atoms with Gasteiger partial charge in [0.2, 0.25) is 5.89 Å². The zero-order valence-corrected chi connectivity index (χ0v) is 17.0. The van der Waals surface area contributed by atoms with E-state index >= 15 is 0 Å². The lowest BCUT2D eigenvalue weighted by molar-refractivity contribution is 0.513. The molecule has 26 heavy (non-hydrogen) atoms. The Kier molecular flexibility index (Phi) is 4.64. The molecule has 0 spiro atoms. The quantitative estimate of drug-likeness (QED) is 0.349. The van der Waals surface area contributed by atoms with Crippen molar-refractivity contribution in [2.24, 2.45) is 0 Å². The molecule has 6 nitrogen and oxygen atoms in total. The monoisotopic (exact) mass is 518 g/mol. The maximum absolute atomic E-state index is 12.4. The first kappa shape index (κ1) is 17.7. The molecular formula is C16H6Cl3IN4O2. The second kappa shape index (κ2) is 6.80. The van der Waals surface area contributed by atoms with Gasteiger partial charge in [-0.3, -0.25) is 0 Å². The van der Waals surface area contributed by atoms with Gasteiger partial charge < -0.3 is 4.42 Å². The first-order valence-corrected chi connectivity index (χ1v) is 9.32. The highest BCUT2D eigenvalue weighted by atomic mass is 127. The number of rotatable bonds is 2. The molecule has 0 aliphatic carbocycles. The zero-order chi connectivity index (χ0) is 18.4. The van der Waals surface area contributed by atoms with Crippen LogP contribution in [0.4, 0.5) is 0 Å². The van der Waals surface area contributed by atoms with Crippen molar-refractivity contribution in [3.05, 3.63) is 65.7 Å². The minimum absolute atomic E-state index is 0.0452. The number of benzene rings is 1. The van der Waals surface area contributed by atoms with Crippen LogP contribution in [0.3, 0.4) is 0 Å². The average molecular weight is 520 g/mol. The Morgan fingerprint density at radius 1 is 1.12 bits per heavy atom. The van der Waals surface area contributed by atoms with E-state index in [4.69, 9.17) is 39.2 Å². The molecule has 0 unspecified atom stereocenters. The summed E-state index contributed by atoms with van der Waals surface area (Å²) in [5, 5.41) is 5.52. The summed E-state index contributed by atoms with van der Waals surface area (Å²) in [6, 6.07) is 8.07. The van der Waals surface area contributed by atoms with Gasteiger partial charge in [0.1, 0.15) is 14.9 Å². The van der Waals surface area contributed by atoms with Crippen molar-refractivity contribution < 1.29 is 4.42 Å². The van der Waals surface area contributed by atoms with E-state index in [1.807, 2.05) is 22.6 Å². The molecule has 4 aromatic rings. The molecule has 0 N–H and O–H groups in total. The van der Waals surface area contributed by atoms with Crippen LogP contribution >= 0.6 is 57.4 Å². The number of aromatic nitrogens is 4. The smallest absolute Gasteiger partial charge is 0.347 e. The van der Waals surface area contributed by atoms with Crippen LogP contribution in [0.2, 0.25) is 15.1 Å². The van der Waals surface area contributed by atoms with Crippen molar-refractivity contribution in [3.63, 3.8) is 0 Å². The van der Waals surface area contributed by atoms with Crippen LogP contribution in [0.5, 0.6) is 0 Å². The molecule has 10 heteroatoms. The van der Waals surface area contributed by atoms with Crippen molar-refractivity contribution in [1.82, 2.24) is 19.7 Å². The van der Waals surface area contributed by atoms with Crippen molar-refractivity contribution in [2.45, 2.75) is 0 Å². The first-order valence-electron chi connectivity index (χ1n) is 7.11. The number of hydrogen-bond acceptors (Lipinski definition) is 5. The molecule has 0 saturated heterocycles. The third-order valence-electron chi connectivity index (χ3n) is 3.49. The van der Waals surface area contributed by atoms with E-state index in [0.29, 0.717) is 25.3 Å². The van der Waals surface area contributed by atoms with Gasteiger partial charge in [-0.05, 0) is 46.9 Å². The Labute approximate surface area is 174 Å². The zero-order valence-electron chi connectivity index (χ0n) is 12.6. The van der Waals surface area contributed by atoms with Crippen LogP contribution in [0.25, 0.3) is 28.3 Å². The first-order chi connectivity index (χ1) is 12.4. The van der Waals surface area contributed by atoms with Gasteiger partial charge in [-0.25, -0.2) is 19.4 Å². The molecule has 0 aliphatic heterocycles. The minimum Gasteiger partial charge on any atom is -0.401 e.